The largest absolute Gasteiger partial charge is 0.451 e. The van der Waals surface area contributed by atoms with Crippen LogP contribution in [0, 0.1) is 0 Å². The first-order valence-corrected chi connectivity index (χ1v) is 5.41. The van der Waals surface area contributed by atoms with Gasteiger partial charge in [-0.25, -0.2) is 4.79 Å². The van der Waals surface area contributed by atoms with Crippen molar-refractivity contribution in [3.63, 3.8) is 0 Å². The Morgan fingerprint density at radius 2 is 2.00 bits per heavy atom. The number of carbonyl (C=O) groups excluding carboxylic acids is 2. The molecular weight excluding hydrogens is 242 g/mol. The van der Waals surface area contributed by atoms with Crippen LogP contribution in [0.25, 0.3) is 0 Å². The van der Waals surface area contributed by atoms with Crippen molar-refractivity contribution in [3.8, 4) is 0 Å². The average Bonchev–Trinajstić information content (AvgIpc) is 2.58. The van der Waals surface area contributed by atoms with Gasteiger partial charge in [0.25, 0.3) is 0 Å². The lowest BCUT2D eigenvalue weighted by atomic mass is 10.0. The molecule has 0 saturated carbocycles. The molecule has 4 nitrogen and oxygen atoms in total. The van der Waals surface area contributed by atoms with Gasteiger partial charge in [0.05, 0.1) is 12.1 Å². The zero-order valence-corrected chi connectivity index (χ0v) is 9.61. The van der Waals surface area contributed by atoms with E-state index in [-0.39, 0.29) is 22.9 Å². The van der Waals surface area contributed by atoms with Gasteiger partial charge in [-0.3, -0.25) is 4.79 Å². The maximum absolute atomic E-state index is 11.8. The van der Waals surface area contributed by atoms with E-state index in [2.05, 4.69) is 0 Å². The van der Waals surface area contributed by atoms with Crippen LogP contribution in [0.15, 0.2) is 41.1 Å². The van der Waals surface area contributed by atoms with Crippen molar-refractivity contribution in [3.05, 3.63) is 46.6 Å². The predicted octanol–water partition coefficient (Wildman–Crippen LogP) is 1.59. The van der Waals surface area contributed by atoms with Crippen LogP contribution >= 0.6 is 11.6 Å². The Kier molecular flexibility index (Phi) is 3.15. The molecule has 0 aliphatic carbocycles. The normalized spacial score (nSPS) is 19.4. The molecule has 2 N–H and O–H groups in total. The van der Waals surface area contributed by atoms with Gasteiger partial charge in [-0.1, -0.05) is 41.9 Å². The van der Waals surface area contributed by atoms with Gasteiger partial charge in [0.1, 0.15) is 5.03 Å². The number of halogens is 1. The van der Waals surface area contributed by atoms with Gasteiger partial charge in [0, 0.05) is 5.56 Å². The Labute approximate surface area is 103 Å². The summed E-state index contributed by atoms with van der Waals surface area (Å²) in [6.07, 6.45) is -0.736. The highest BCUT2D eigenvalue weighted by Crippen LogP contribution is 2.24. The highest BCUT2D eigenvalue weighted by molar-refractivity contribution is 6.42. The van der Waals surface area contributed by atoms with E-state index in [1.165, 1.54) is 0 Å². The van der Waals surface area contributed by atoms with Crippen LogP contribution < -0.4 is 5.73 Å². The fraction of sp³-hybridized carbons (Fsp3) is 0.167. The first kappa shape index (κ1) is 11.7. The number of carbonyl (C=O) groups is 2. The number of nitrogens with two attached hydrogens (primary N) is 1. The van der Waals surface area contributed by atoms with Crippen molar-refractivity contribution >= 4 is 23.4 Å². The van der Waals surface area contributed by atoms with Crippen LogP contribution in [0.1, 0.15) is 16.8 Å². The molecule has 17 heavy (non-hydrogen) atoms. The van der Waals surface area contributed by atoms with Gasteiger partial charge in [-0.05, 0) is 0 Å². The minimum absolute atomic E-state index is 0.0117. The topological polar surface area (TPSA) is 69.4 Å². The summed E-state index contributed by atoms with van der Waals surface area (Å²) in [5.41, 5.74) is 6.27. The zero-order valence-electron chi connectivity index (χ0n) is 8.85. The molecule has 1 heterocycles. The molecule has 1 aliphatic rings. The maximum atomic E-state index is 11.8. The molecule has 0 unspecified atom stereocenters. The summed E-state index contributed by atoms with van der Waals surface area (Å²) in [6, 6.07) is 8.73. The van der Waals surface area contributed by atoms with Crippen molar-refractivity contribution in [1.29, 1.82) is 0 Å². The Morgan fingerprint density at radius 1 is 1.35 bits per heavy atom. The number of ketones is 1. The SMILES string of the molecule is NC1=C(Cl)C(=O)O[C@@H]1CC(=O)c1ccccc1. The molecule has 0 spiro atoms. The molecule has 0 bridgehead atoms. The molecule has 88 valence electrons. The Hall–Kier alpha value is -1.81. The summed E-state index contributed by atoms with van der Waals surface area (Å²) >= 11 is 5.61. The second-order valence-electron chi connectivity index (χ2n) is 3.66. The standard InChI is InChI=1S/C12H10ClNO3/c13-10-11(14)9(17-12(10)16)6-8(15)7-4-2-1-3-5-7/h1-5,9H,6,14H2/t9-/m1/s1. The van der Waals surface area contributed by atoms with E-state index in [4.69, 9.17) is 22.1 Å². The second-order valence-corrected chi connectivity index (χ2v) is 4.03. The monoisotopic (exact) mass is 251 g/mol. The van der Waals surface area contributed by atoms with Gasteiger partial charge in [-0.2, -0.15) is 0 Å². The number of rotatable bonds is 3. The highest BCUT2D eigenvalue weighted by Gasteiger charge is 2.32. The van der Waals surface area contributed by atoms with Gasteiger partial charge in [0.2, 0.25) is 0 Å². The summed E-state index contributed by atoms with van der Waals surface area (Å²) in [7, 11) is 0. The average molecular weight is 252 g/mol. The molecule has 0 saturated heterocycles. The lowest BCUT2D eigenvalue weighted by molar-refractivity contribution is -0.139. The molecule has 1 aromatic rings. The second kappa shape index (κ2) is 4.59. The molecule has 0 fully saturated rings. The van der Waals surface area contributed by atoms with Crippen LogP contribution in [0.4, 0.5) is 0 Å². The van der Waals surface area contributed by atoms with Crippen LogP contribution in [-0.2, 0) is 9.53 Å². The lowest BCUT2D eigenvalue weighted by Crippen LogP contribution is -2.21. The van der Waals surface area contributed by atoms with Gasteiger partial charge in [0.15, 0.2) is 11.9 Å². The third kappa shape index (κ3) is 2.31. The smallest absolute Gasteiger partial charge is 0.352 e. The van der Waals surface area contributed by atoms with E-state index >= 15 is 0 Å². The molecule has 0 aromatic heterocycles. The van der Waals surface area contributed by atoms with Crippen molar-refractivity contribution in [2.45, 2.75) is 12.5 Å². The molecule has 1 aromatic carbocycles. The van der Waals surface area contributed by atoms with Gasteiger partial charge >= 0.3 is 5.97 Å². The van der Waals surface area contributed by atoms with E-state index in [1.54, 1.807) is 24.3 Å². The van der Waals surface area contributed by atoms with Gasteiger partial charge < -0.3 is 10.5 Å². The van der Waals surface area contributed by atoms with Crippen molar-refractivity contribution < 1.29 is 14.3 Å². The number of Topliss-reactive ketones (excluding diaryl/α,β-unsaturated/α-hetero) is 1. The van der Waals surface area contributed by atoms with Crippen molar-refractivity contribution in [2.75, 3.05) is 0 Å². The molecule has 0 amide bonds. The summed E-state index contributed by atoms with van der Waals surface area (Å²) < 4.78 is 4.89. The van der Waals surface area contributed by atoms with Crippen molar-refractivity contribution in [2.24, 2.45) is 5.73 Å². The highest BCUT2D eigenvalue weighted by atomic mass is 35.5. The number of benzene rings is 1. The first-order valence-electron chi connectivity index (χ1n) is 5.04. The number of hydrogen-bond acceptors (Lipinski definition) is 4. The Bertz CT molecular complexity index is 496. The number of cyclic esters (lactones) is 1. The minimum atomic E-state index is -0.747. The first-order chi connectivity index (χ1) is 8.09. The van der Waals surface area contributed by atoms with E-state index in [1.807, 2.05) is 6.07 Å². The van der Waals surface area contributed by atoms with Crippen LogP contribution in [0.3, 0.4) is 0 Å². The number of esters is 1. The third-order valence-electron chi connectivity index (χ3n) is 2.50. The van der Waals surface area contributed by atoms with Crippen LogP contribution in [0.2, 0.25) is 0 Å². The fourth-order valence-electron chi connectivity index (χ4n) is 1.57. The molecule has 1 aliphatic heterocycles. The summed E-state index contributed by atoms with van der Waals surface area (Å²) in [5.74, 6) is -0.812. The van der Waals surface area contributed by atoms with E-state index in [0.717, 1.165) is 0 Å². The van der Waals surface area contributed by atoms with E-state index in [9.17, 15) is 9.59 Å². The summed E-state index contributed by atoms with van der Waals surface area (Å²) in [6.45, 7) is 0. The lowest BCUT2D eigenvalue weighted by Gasteiger charge is -2.09. The molecule has 1 atom stereocenters. The number of hydrogen-bond donors (Lipinski definition) is 1. The molecule has 0 radical (unpaired) electrons. The van der Waals surface area contributed by atoms with Crippen LogP contribution in [0.5, 0.6) is 0 Å². The quantitative estimate of drug-likeness (QED) is 0.654. The maximum Gasteiger partial charge on any atom is 0.352 e. The minimum Gasteiger partial charge on any atom is -0.451 e. The molecule has 2 rings (SSSR count). The summed E-state index contributed by atoms with van der Waals surface area (Å²) in [5, 5.41) is -0.129. The zero-order chi connectivity index (χ0) is 12.4. The van der Waals surface area contributed by atoms with E-state index < -0.39 is 12.1 Å². The Balaban J connectivity index is 2.09. The van der Waals surface area contributed by atoms with Crippen molar-refractivity contribution in [1.82, 2.24) is 0 Å². The van der Waals surface area contributed by atoms with E-state index in [0.29, 0.717) is 5.56 Å². The fourth-order valence-corrected chi connectivity index (χ4v) is 1.73. The molecular formula is C12H10ClNO3. The third-order valence-corrected chi connectivity index (χ3v) is 2.87. The summed E-state index contributed by atoms with van der Waals surface area (Å²) in [4.78, 5) is 23.0. The Morgan fingerprint density at radius 3 is 2.53 bits per heavy atom. The van der Waals surface area contributed by atoms with Crippen LogP contribution in [-0.4, -0.2) is 17.9 Å². The predicted molar refractivity (Wildman–Crippen MR) is 62.3 cm³/mol. The molecule has 5 heteroatoms. The van der Waals surface area contributed by atoms with Gasteiger partial charge in [-0.15, -0.1) is 0 Å². The number of ether oxygens (including phenoxy) is 1.